The fourth-order valence-corrected chi connectivity index (χ4v) is 17.1. The number of rotatable bonds is 21. The van der Waals surface area contributed by atoms with Crippen LogP contribution in [0.15, 0.2) is 144 Å². The fourth-order valence-electron chi connectivity index (χ4n) is 15.6. The van der Waals surface area contributed by atoms with Gasteiger partial charge in [-0.2, -0.15) is 0 Å². The predicted octanol–water partition coefficient (Wildman–Crippen LogP) is 3.22. The van der Waals surface area contributed by atoms with E-state index in [0.29, 0.717) is 10.8 Å². The fraction of sp³-hybridized carbons (Fsp3) is 0.368. The van der Waals surface area contributed by atoms with Gasteiger partial charge < -0.3 is 134 Å². The maximum absolute atomic E-state index is 16.4. The molecule has 8 aromatic rings. The zero-order valence-electron chi connectivity index (χ0n) is 69.4. The van der Waals surface area contributed by atoms with Crippen molar-refractivity contribution in [1.82, 2.24) is 47.9 Å². The summed E-state index contributed by atoms with van der Waals surface area (Å²) in [5, 5.41) is 130. The molecule has 680 valence electrons. The van der Waals surface area contributed by atoms with E-state index in [0.717, 1.165) is 72.3 Å². The highest BCUT2D eigenvalue weighted by atomic mass is 35.5. The summed E-state index contributed by atoms with van der Waals surface area (Å²) in [6.07, 6.45) is -18.9. The molecule has 23 N–H and O–H groups in total. The number of halogens is 2. The molecule has 3 unspecified atom stereocenters. The van der Waals surface area contributed by atoms with Crippen molar-refractivity contribution in [2.45, 2.75) is 174 Å². The number of carbonyl (C=O) groups is 9. The third-order valence-corrected chi connectivity index (χ3v) is 24.4. The number of carbonyl (C=O) groups excluding carboxylic acids is 9. The van der Waals surface area contributed by atoms with Gasteiger partial charge in [-0.05, 0) is 176 Å². The smallest absolute Gasteiger partial charge is 0.261 e. The number of aryl methyl sites for hydroxylation is 1. The lowest BCUT2D eigenvalue weighted by atomic mass is 9.86. The highest BCUT2D eigenvalue weighted by Crippen LogP contribution is 2.50. The lowest BCUT2D eigenvalue weighted by Gasteiger charge is -2.47. The molecule has 11 bridgehead atoms. The first kappa shape index (κ1) is 93.6. The van der Waals surface area contributed by atoms with E-state index in [1.807, 2.05) is 20.8 Å². The Hall–Kier alpha value is -12.1. The van der Waals surface area contributed by atoms with E-state index in [-0.39, 0.29) is 81.9 Å². The molecule has 0 saturated carbocycles. The summed E-state index contributed by atoms with van der Waals surface area (Å²) in [6.45, 7) is 7.10. The Bertz CT molecular complexity index is 5760. The number of aliphatic hydroxyl groups excluding tert-OH is 6. The van der Waals surface area contributed by atoms with Crippen LogP contribution in [0.4, 0.5) is 5.69 Å². The van der Waals surface area contributed by atoms with Crippen LogP contribution in [0.1, 0.15) is 127 Å². The SMILES string of the molecule is CN[C@H](CC(C)C)C(=O)N[C@H]1C(=O)N[C@@H](CC(N)=O)C(=O)NC2C(=O)N[C@H]3C(=O)N[C@H](C(=O)NC(C(=O)NCCCNC(=O)c4ccc5cc(NS(=O)(=O)c6ccc(C)cc6)ccc5c4)c4cc(O)cc(O)c4-c4cc3ccc4O)[C@H](O)c3ccc(c(Cl)c3)Oc3cc2cc(c3O[C@@H]2O[C@H](CO)[C@@H](O)[C@H](O)[C@H]2OC2C[C@](C)(N)[C@H](O)[C@H](C)O2)Oc2ccc(cc2Cl)[C@H]1O. The molecule has 41 heteroatoms. The predicted molar refractivity (Wildman–Crippen MR) is 458 cm³/mol. The second-order valence-corrected chi connectivity index (χ2v) is 35.0. The van der Waals surface area contributed by atoms with Crippen LogP contribution in [0.25, 0.3) is 21.9 Å². The number of ether oxygens (including phenoxy) is 6. The molecule has 0 spiro atoms. The van der Waals surface area contributed by atoms with Crippen LogP contribution in [-0.2, 0) is 62.6 Å². The molecule has 38 nitrogen and oxygen atoms in total. The van der Waals surface area contributed by atoms with Crippen LogP contribution in [-0.4, -0.2) is 213 Å². The molecular formula is C87H96Cl2N12O26S. The lowest BCUT2D eigenvalue weighted by molar-refractivity contribution is -0.333. The summed E-state index contributed by atoms with van der Waals surface area (Å²) in [6, 6.07) is 15.4. The molecule has 0 aromatic heterocycles. The second-order valence-electron chi connectivity index (χ2n) is 32.5. The topological polar surface area (TPSA) is 598 Å². The summed E-state index contributed by atoms with van der Waals surface area (Å²) in [4.78, 5) is 135. The van der Waals surface area contributed by atoms with Crippen LogP contribution in [0.3, 0.4) is 0 Å². The van der Waals surface area contributed by atoms with Crippen molar-refractivity contribution in [1.29, 1.82) is 0 Å². The van der Waals surface area contributed by atoms with Crippen molar-refractivity contribution in [2.75, 3.05) is 31.5 Å². The van der Waals surface area contributed by atoms with Gasteiger partial charge in [0.2, 0.25) is 59.3 Å². The molecule has 7 heterocycles. The monoisotopic (exact) mass is 1830 g/mol. The average Bonchev–Trinajstić information content (AvgIpc) is 0.761. The molecule has 0 aliphatic carbocycles. The van der Waals surface area contributed by atoms with Crippen LogP contribution in [0, 0.1) is 12.8 Å². The highest BCUT2D eigenvalue weighted by molar-refractivity contribution is 7.92. The summed E-state index contributed by atoms with van der Waals surface area (Å²) in [5.41, 5.74) is 9.61. The number of phenols is 3. The van der Waals surface area contributed by atoms with E-state index < -0.39 is 253 Å². The molecule has 7 aliphatic heterocycles. The van der Waals surface area contributed by atoms with Crippen LogP contribution in [0.5, 0.6) is 46.0 Å². The van der Waals surface area contributed by atoms with Gasteiger partial charge in [0, 0.05) is 53.5 Å². The number of likely N-dealkylation sites (N-methyl/N-ethyl adjacent to an activating group) is 1. The minimum Gasteiger partial charge on any atom is -0.508 e. The van der Waals surface area contributed by atoms with Crippen LogP contribution >= 0.6 is 23.2 Å². The van der Waals surface area contributed by atoms with Gasteiger partial charge in [-0.1, -0.05) is 85.1 Å². The summed E-state index contributed by atoms with van der Waals surface area (Å²) in [5.74, 6) is -15.9. The van der Waals surface area contributed by atoms with Gasteiger partial charge in [-0.15, -0.1) is 0 Å². The van der Waals surface area contributed by atoms with Crippen molar-refractivity contribution < 1.29 is 126 Å². The molecule has 2 fully saturated rings. The molecule has 8 aromatic carbocycles. The number of aliphatic hydroxyl groups is 6. The van der Waals surface area contributed by atoms with E-state index in [4.69, 9.17) is 63.1 Å². The summed E-state index contributed by atoms with van der Waals surface area (Å²) >= 11 is 14.3. The minimum atomic E-state index is -3.94. The first-order chi connectivity index (χ1) is 60.7. The van der Waals surface area contributed by atoms with E-state index in [1.54, 1.807) is 36.4 Å². The van der Waals surface area contributed by atoms with Gasteiger partial charge in [0.25, 0.3) is 15.9 Å². The van der Waals surface area contributed by atoms with E-state index in [2.05, 4.69) is 52.6 Å². The number of aromatic hydroxyl groups is 3. The molecular weight excluding hydrogens is 1730 g/mol. The number of benzene rings is 8. The number of amides is 9. The first-order valence-corrected chi connectivity index (χ1v) is 42.8. The third-order valence-electron chi connectivity index (χ3n) is 22.4. The first-order valence-electron chi connectivity index (χ1n) is 40.6. The molecule has 0 radical (unpaired) electrons. The van der Waals surface area contributed by atoms with Gasteiger partial charge in [-0.3, -0.25) is 47.9 Å². The van der Waals surface area contributed by atoms with E-state index in [9.17, 15) is 68.8 Å². The van der Waals surface area contributed by atoms with Gasteiger partial charge >= 0.3 is 0 Å². The van der Waals surface area contributed by atoms with Crippen molar-refractivity contribution in [3.8, 4) is 57.1 Å². The molecule has 18 atom stereocenters. The Labute approximate surface area is 741 Å². The number of nitrogens with one attached hydrogen (secondary N) is 10. The van der Waals surface area contributed by atoms with Crippen molar-refractivity contribution in [2.24, 2.45) is 17.4 Å². The number of hydrogen-bond donors (Lipinski definition) is 21. The van der Waals surface area contributed by atoms with Crippen molar-refractivity contribution >= 4 is 103 Å². The molecule has 9 amide bonds. The maximum Gasteiger partial charge on any atom is 0.261 e. The number of nitrogens with two attached hydrogens (primary N) is 2. The average molecular weight is 1830 g/mol. The third kappa shape index (κ3) is 20.7. The highest BCUT2D eigenvalue weighted by Gasteiger charge is 2.52. The number of sulfonamides is 1. The number of fused-ring (bicyclic) bond motifs is 16. The quantitative estimate of drug-likeness (QED) is 0.0459. The Morgan fingerprint density at radius 1 is 0.664 bits per heavy atom. The van der Waals surface area contributed by atoms with Crippen molar-refractivity contribution in [3.05, 3.63) is 189 Å². The normalized spacial score (nSPS) is 25.7. The van der Waals surface area contributed by atoms with Crippen LogP contribution < -0.4 is 78.3 Å². The Balaban J connectivity index is 0.909. The van der Waals surface area contributed by atoms with E-state index in [1.165, 1.54) is 57.3 Å². The van der Waals surface area contributed by atoms with Gasteiger partial charge in [-0.25, -0.2) is 8.42 Å². The number of primary amides is 1. The lowest BCUT2D eigenvalue weighted by Crippen LogP contribution is -2.64. The van der Waals surface area contributed by atoms with Gasteiger partial charge in [0.05, 0.1) is 46.2 Å². The number of anilines is 1. The Morgan fingerprint density at radius 3 is 1.93 bits per heavy atom. The second kappa shape index (κ2) is 38.9. The van der Waals surface area contributed by atoms with Gasteiger partial charge in [0.15, 0.2) is 23.9 Å². The zero-order valence-corrected chi connectivity index (χ0v) is 71.7. The summed E-state index contributed by atoms with van der Waals surface area (Å²) in [7, 11) is -2.47. The maximum atomic E-state index is 16.4. The molecule has 2 saturated heterocycles. The zero-order chi connectivity index (χ0) is 92.4. The summed E-state index contributed by atoms with van der Waals surface area (Å²) < 4.78 is 67.6. The molecule has 128 heavy (non-hydrogen) atoms. The van der Waals surface area contributed by atoms with Gasteiger partial charge in [0.1, 0.15) is 95.5 Å². The van der Waals surface area contributed by atoms with Crippen LogP contribution in [0.2, 0.25) is 10.0 Å². The van der Waals surface area contributed by atoms with E-state index >= 15 is 28.8 Å². The molecule has 7 aliphatic rings. The minimum absolute atomic E-state index is 0.0000628. The number of phenolic OH excluding ortho intramolecular Hbond substituents is 3. The standard InChI is InChI=1S/C87H96Cl2N12O26S/c1-37(2)24-54(92-6)79(113)99-69-71(107)43-14-20-58(52(88)28-43)123-60-30-46-31-61(75(60)127-86-76(74(110)73(109)62(36-102)125-86)126-64-35-87(5,91)77(111)39(4)122-64)124-59-21-15-44(29-53(59)89)72(108)70-85(119)98-68(81(115)94-23-7-22-93-78(112)45-11-10-41-26-47(16-12-40(41)25-45)101-128(120,121)49-17-8-38(3)9-18-49)51-32-48(103)33-57(105)65(51)50-27-42(13-19-56(50)104)66(82(116)100-70)97-83(117)67(46)96-80(114)55(34-63(90)106)95-84(69)118/h8-21,25-33,37,39,54-55,62,64,66-74,76-77,86,92,101-105,107-111H,7,22-24,34-36,91H2,1-6H3,(H2,90,106)(H,93,112)(H,94,115)(H,95,118)(H,96,114)(H,97,117)(H,98,119)(H,99,113)(H,100,116)/t39-,54+,55-,62+,64?,66+,67?,68?,69+,70-,71+,72+,73+,74-,76+,77+,86-,87-/m0/s1. The molecule has 15 rings (SSSR count). The Kier molecular flexibility index (Phi) is 28.4. The Morgan fingerprint density at radius 2 is 1.29 bits per heavy atom. The number of hydrogen-bond acceptors (Lipinski definition) is 28. The van der Waals surface area contributed by atoms with Crippen molar-refractivity contribution in [3.63, 3.8) is 0 Å². The largest absolute Gasteiger partial charge is 0.508 e.